The SMILES string of the molecule is O=C(NCc1cccnc1)c1nnc(-c2ccc(S(=O)(=O)N3CCOCC3)cc2)o1. The summed E-state index contributed by atoms with van der Waals surface area (Å²) in [7, 11) is -3.59. The summed E-state index contributed by atoms with van der Waals surface area (Å²) in [6, 6.07) is 9.70. The molecule has 0 spiro atoms. The maximum absolute atomic E-state index is 12.7. The van der Waals surface area contributed by atoms with Crippen LogP contribution in [-0.4, -0.2) is 60.1 Å². The van der Waals surface area contributed by atoms with Crippen molar-refractivity contribution in [3.8, 4) is 11.5 Å². The van der Waals surface area contributed by atoms with Crippen molar-refractivity contribution in [2.24, 2.45) is 0 Å². The number of ether oxygens (including phenoxy) is 1. The Morgan fingerprint density at radius 2 is 1.87 bits per heavy atom. The number of nitrogens with one attached hydrogen (secondary N) is 1. The third-order valence-electron chi connectivity index (χ3n) is 4.50. The number of hydrogen-bond donors (Lipinski definition) is 1. The number of morpholine rings is 1. The lowest BCUT2D eigenvalue weighted by atomic mass is 10.2. The summed E-state index contributed by atoms with van der Waals surface area (Å²) in [6.07, 6.45) is 3.29. The van der Waals surface area contributed by atoms with E-state index in [2.05, 4.69) is 20.5 Å². The number of benzene rings is 1. The van der Waals surface area contributed by atoms with Crippen LogP contribution in [0.25, 0.3) is 11.5 Å². The Bertz CT molecular complexity index is 1110. The smallest absolute Gasteiger partial charge is 0.309 e. The third kappa shape index (κ3) is 4.37. The van der Waals surface area contributed by atoms with Gasteiger partial charge in [-0.2, -0.15) is 4.31 Å². The molecule has 156 valence electrons. The average Bonchev–Trinajstić information content (AvgIpc) is 3.29. The first-order valence-corrected chi connectivity index (χ1v) is 10.7. The van der Waals surface area contributed by atoms with E-state index in [-0.39, 0.29) is 23.2 Å². The van der Waals surface area contributed by atoms with Crippen molar-refractivity contribution in [3.05, 3.63) is 60.2 Å². The third-order valence-corrected chi connectivity index (χ3v) is 6.42. The highest BCUT2D eigenvalue weighted by Crippen LogP contribution is 2.22. The van der Waals surface area contributed by atoms with E-state index in [1.165, 1.54) is 16.4 Å². The minimum atomic E-state index is -3.59. The van der Waals surface area contributed by atoms with Gasteiger partial charge in [0.25, 0.3) is 0 Å². The minimum absolute atomic E-state index is 0.122. The summed E-state index contributed by atoms with van der Waals surface area (Å²) in [6.45, 7) is 1.69. The molecule has 1 amide bonds. The first-order valence-electron chi connectivity index (χ1n) is 9.23. The molecule has 11 heteroatoms. The molecule has 3 aromatic rings. The van der Waals surface area contributed by atoms with Gasteiger partial charge in [0.1, 0.15) is 0 Å². The van der Waals surface area contributed by atoms with Crippen molar-refractivity contribution >= 4 is 15.9 Å². The summed E-state index contributed by atoms with van der Waals surface area (Å²) in [5.74, 6) is -0.570. The normalized spacial score (nSPS) is 15.1. The van der Waals surface area contributed by atoms with Gasteiger partial charge in [-0.3, -0.25) is 9.78 Å². The molecule has 1 aromatic carbocycles. The number of nitrogens with zero attached hydrogens (tertiary/aromatic N) is 4. The highest BCUT2D eigenvalue weighted by Gasteiger charge is 2.26. The molecule has 1 aliphatic rings. The van der Waals surface area contributed by atoms with Crippen LogP contribution in [0.3, 0.4) is 0 Å². The fraction of sp³-hybridized carbons (Fsp3) is 0.263. The number of carbonyl (C=O) groups is 1. The predicted molar refractivity (Wildman–Crippen MR) is 105 cm³/mol. The Balaban J connectivity index is 1.43. The van der Waals surface area contributed by atoms with Crippen molar-refractivity contribution in [1.82, 2.24) is 24.8 Å². The summed E-state index contributed by atoms with van der Waals surface area (Å²) in [5.41, 5.74) is 1.34. The van der Waals surface area contributed by atoms with Crippen LogP contribution in [0.5, 0.6) is 0 Å². The lowest BCUT2D eigenvalue weighted by Gasteiger charge is -2.26. The maximum atomic E-state index is 12.7. The average molecular weight is 429 g/mol. The molecular formula is C19H19N5O5S. The number of aromatic nitrogens is 3. The monoisotopic (exact) mass is 429 g/mol. The lowest BCUT2D eigenvalue weighted by Crippen LogP contribution is -2.40. The standard InChI is InChI=1S/C19H19N5O5S/c25-17(21-13-14-2-1-7-20-12-14)19-23-22-18(29-19)15-3-5-16(6-4-15)30(26,27)24-8-10-28-11-9-24/h1-7,12H,8-11,13H2,(H,21,25). The summed E-state index contributed by atoms with van der Waals surface area (Å²) < 4.78 is 37.4. The van der Waals surface area contributed by atoms with Crippen molar-refractivity contribution < 1.29 is 22.4 Å². The largest absolute Gasteiger partial charge is 0.412 e. The number of carbonyl (C=O) groups excluding carboxylic acids is 1. The molecule has 1 saturated heterocycles. The Hall–Kier alpha value is -3.15. The maximum Gasteiger partial charge on any atom is 0.309 e. The number of rotatable bonds is 6. The lowest BCUT2D eigenvalue weighted by molar-refractivity contribution is 0.0730. The second-order valence-electron chi connectivity index (χ2n) is 6.50. The molecule has 3 heterocycles. The van der Waals surface area contributed by atoms with E-state index >= 15 is 0 Å². The van der Waals surface area contributed by atoms with Crippen LogP contribution < -0.4 is 5.32 Å². The second-order valence-corrected chi connectivity index (χ2v) is 8.44. The van der Waals surface area contributed by atoms with Gasteiger partial charge < -0.3 is 14.5 Å². The van der Waals surface area contributed by atoms with Crippen LogP contribution in [-0.2, 0) is 21.3 Å². The summed E-state index contributed by atoms with van der Waals surface area (Å²) in [4.78, 5) is 16.3. The second kappa shape index (κ2) is 8.69. The topological polar surface area (TPSA) is 128 Å². The minimum Gasteiger partial charge on any atom is -0.412 e. The zero-order valence-electron chi connectivity index (χ0n) is 15.9. The molecular weight excluding hydrogens is 410 g/mol. The molecule has 30 heavy (non-hydrogen) atoms. The zero-order valence-corrected chi connectivity index (χ0v) is 16.7. The first kappa shape index (κ1) is 20.1. The van der Waals surface area contributed by atoms with Gasteiger partial charge in [-0.05, 0) is 35.9 Å². The first-order chi connectivity index (χ1) is 14.5. The van der Waals surface area contributed by atoms with E-state index in [1.807, 2.05) is 6.07 Å². The molecule has 0 saturated carbocycles. The molecule has 0 radical (unpaired) electrons. The van der Waals surface area contributed by atoms with E-state index in [0.717, 1.165) is 5.56 Å². The summed E-state index contributed by atoms with van der Waals surface area (Å²) >= 11 is 0. The van der Waals surface area contributed by atoms with Crippen LogP contribution in [0.15, 0.2) is 58.1 Å². The Kier molecular flexibility index (Phi) is 5.84. The van der Waals surface area contributed by atoms with Crippen LogP contribution in [0.1, 0.15) is 16.2 Å². The highest BCUT2D eigenvalue weighted by atomic mass is 32.2. The molecule has 0 aliphatic carbocycles. The van der Waals surface area contributed by atoms with Gasteiger partial charge in [-0.25, -0.2) is 8.42 Å². The zero-order chi connectivity index (χ0) is 21.0. The van der Waals surface area contributed by atoms with E-state index in [0.29, 0.717) is 31.9 Å². The Morgan fingerprint density at radius 1 is 1.10 bits per heavy atom. The molecule has 0 bridgehead atoms. The molecule has 1 aliphatic heterocycles. The summed E-state index contributed by atoms with van der Waals surface area (Å²) in [5, 5.41) is 10.3. The van der Waals surface area contributed by atoms with Crippen molar-refractivity contribution in [2.45, 2.75) is 11.4 Å². The van der Waals surface area contributed by atoms with Gasteiger partial charge in [0.15, 0.2) is 0 Å². The molecule has 0 unspecified atom stereocenters. The van der Waals surface area contributed by atoms with Gasteiger partial charge in [-0.1, -0.05) is 6.07 Å². The molecule has 0 atom stereocenters. The van der Waals surface area contributed by atoms with Gasteiger partial charge >= 0.3 is 11.8 Å². The van der Waals surface area contributed by atoms with E-state index < -0.39 is 15.9 Å². The van der Waals surface area contributed by atoms with Crippen molar-refractivity contribution in [1.29, 1.82) is 0 Å². The van der Waals surface area contributed by atoms with Gasteiger partial charge in [-0.15, -0.1) is 10.2 Å². The fourth-order valence-corrected chi connectivity index (χ4v) is 4.31. The van der Waals surface area contributed by atoms with Crippen molar-refractivity contribution in [2.75, 3.05) is 26.3 Å². The molecule has 1 fully saturated rings. The number of hydrogen-bond acceptors (Lipinski definition) is 8. The number of sulfonamides is 1. The van der Waals surface area contributed by atoms with Crippen LogP contribution >= 0.6 is 0 Å². The van der Waals surface area contributed by atoms with E-state index in [9.17, 15) is 13.2 Å². The fourth-order valence-electron chi connectivity index (χ4n) is 2.90. The molecule has 2 aromatic heterocycles. The molecule has 1 N–H and O–H groups in total. The quantitative estimate of drug-likeness (QED) is 0.617. The van der Waals surface area contributed by atoms with Gasteiger partial charge in [0, 0.05) is 37.6 Å². The van der Waals surface area contributed by atoms with Gasteiger partial charge in [0.2, 0.25) is 15.9 Å². The van der Waals surface area contributed by atoms with Crippen LogP contribution in [0.4, 0.5) is 0 Å². The Labute approximate surface area is 172 Å². The van der Waals surface area contributed by atoms with E-state index in [1.54, 1.807) is 30.6 Å². The molecule has 4 rings (SSSR count). The highest BCUT2D eigenvalue weighted by molar-refractivity contribution is 7.89. The van der Waals surface area contributed by atoms with Crippen LogP contribution in [0.2, 0.25) is 0 Å². The van der Waals surface area contributed by atoms with Crippen molar-refractivity contribution in [3.63, 3.8) is 0 Å². The van der Waals surface area contributed by atoms with Gasteiger partial charge in [0.05, 0.1) is 18.1 Å². The van der Waals surface area contributed by atoms with Crippen LogP contribution in [0, 0.1) is 0 Å². The number of amides is 1. The molecule has 10 nitrogen and oxygen atoms in total. The number of pyridine rings is 1. The predicted octanol–water partition coefficient (Wildman–Crippen LogP) is 1.08. The Morgan fingerprint density at radius 3 is 2.57 bits per heavy atom. The van der Waals surface area contributed by atoms with E-state index in [4.69, 9.17) is 9.15 Å².